The van der Waals surface area contributed by atoms with Crippen LogP contribution in [0.1, 0.15) is 35.8 Å². The number of nitrogens with zero attached hydrogens (tertiary/aromatic N) is 4. The van der Waals surface area contributed by atoms with Gasteiger partial charge in [-0.25, -0.2) is 22.3 Å². The third-order valence-corrected chi connectivity index (χ3v) is 8.88. The van der Waals surface area contributed by atoms with E-state index in [4.69, 9.17) is 4.74 Å². The molecule has 15 heteroatoms. The van der Waals surface area contributed by atoms with Gasteiger partial charge in [0.25, 0.3) is 0 Å². The summed E-state index contributed by atoms with van der Waals surface area (Å²) in [6.07, 6.45) is -1.16. The Kier molecular flexibility index (Phi) is 8.85. The van der Waals surface area contributed by atoms with Crippen molar-refractivity contribution in [2.45, 2.75) is 37.4 Å². The van der Waals surface area contributed by atoms with E-state index in [1.807, 2.05) is 0 Å². The number of halogens is 4. The highest BCUT2D eigenvalue weighted by Crippen LogP contribution is 2.33. The van der Waals surface area contributed by atoms with Gasteiger partial charge in [0.15, 0.2) is 0 Å². The van der Waals surface area contributed by atoms with E-state index in [9.17, 15) is 30.8 Å². The number of hydrogen-bond acceptors (Lipinski definition) is 7. The lowest BCUT2D eigenvalue weighted by atomic mass is 9.97. The molecular formula is C28H30F4N6O4S. The summed E-state index contributed by atoms with van der Waals surface area (Å²) in [5.41, 5.74) is 0.677. The third-order valence-electron chi connectivity index (χ3n) is 7.40. The number of H-pyrrole nitrogens is 1. The molecule has 3 heterocycles. The normalized spacial score (nSPS) is 15.3. The summed E-state index contributed by atoms with van der Waals surface area (Å²) in [7, 11) is -3.93. The SMILES string of the molecule is CCOC(=O)c1[nH]c2ccc(F)cc2c1-c1cn(CC2CCN(CCNS(=O)(=O)c3ccc(C(F)(F)F)cc3)CC2)nn1. The molecule has 0 atom stereocenters. The summed E-state index contributed by atoms with van der Waals surface area (Å²) in [6.45, 7) is 4.47. The number of piperidine rings is 1. The van der Waals surface area contributed by atoms with E-state index in [0.717, 1.165) is 50.2 Å². The van der Waals surface area contributed by atoms with Gasteiger partial charge in [0.2, 0.25) is 10.0 Å². The molecule has 43 heavy (non-hydrogen) atoms. The summed E-state index contributed by atoms with van der Waals surface area (Å²) < 4.78 is 86.6. The number of likely N-dealkylation sites (tertiary alicyclic amines) is 1. The minimum absolute atomic E-state index is 0.120. The fourth-order valence-electron chi connectivity index (χ4n) is 5.19. The molecule has 4 aromatic rings. The number of hydrogen-bond donors (Lipinski definition) is 2. The Morgan fingerprint density at radius 2 is 1.86 bits per heavy atom. The van der Waals surface area contributed by atoms with Crippen LogP contribution < -0.4 is 4.72 Å². The molecule has 0 radical (unpaired) electrons. The van der Waals surface area contributed by atoms with Crippen LogP contribution in [-0.2, 0) is 27.5 Å². The quantitative estimate of drug-likeness (QED) is 0.198. The fraction of sp³-hybridized carbons (Fsp3) is 0.393. The van der Waals surface area contributed by atoms with Gasteiger partial charge in [0.1, 0.15) is 17.2 Å². The van der Waals surface area contributed by atoms with Crippen LogP contribution in [0.15, 0.2) is 53.6 Å². The van der Waals surface area contributed by atoms with E-state index < -0.39 is 33.5 Å². The number of ether oxygens (including phenoxy) is 1. The molecule has 1 aliphatic rings. The monoisotopic (exact) mass is 622 g/mol. The van der Waals surface area contributed by atoms with Gasteiger partial charge in [-0.3, -0.25) is 4.68 Å². The maximum Gasteiger partial charge on any atom is 0.416 e. The van der Waals surface area contributed by atoms with Gasteiger partial charge in [-0.2, -0.15) is 13.2 Å². The lowest BCUT2D eigenvalue weighted by Gasteiger charge is -2.31. The second kappa shape index (κ2) is 12.4. The van der Waals surface area contributed by atoms with Gasteiger partial charge < -0.3 is 14.6 Å². The minimum atomic E-state index is -4.54. The average molecular weight is 623 g/mol. The first-order chi connectivity index (χ1) is 20.4. The van der Waals surface area contributed by atoms with Gasteiger partial charge in [-0.05, 0) is 81.2 Å². The topological polar surface area (TPSA) is 122 Å². The molecule has 0 saturated carbocycles. The van der Waals surface area contributed by atoms with Gasteiger partial charge in [0, 0.05) is 36.1 Å². The molecule has 0 aliphatic carbocycles. The van der Waals surface area contributed by atoms with Crippen LogP contribution >= 0.6 is 0 Å². The van der Waals surface area contributed by atoms with Gasteiger partial charge in [0.05, 0.1) is 23.3 Å². The molecule has 230 valence electrons. The number of aromatic amines is 1. The van der Waals surface area contributed by atoms with Crippen molar-refractivity contribution in [3.8, 4) is 11.3 Å². The van der Waals surface area contributed by atoms with E-state index >= 15 is 0 Å². The van der Waals surface area contributed by atoms with Crippen molar-refractivity contribution in [2.75, 3.05) is 32.8 Å². The Labute approximate surface area is 245 Å². The first kappa shape index (κ1) is 30.6. The number of alkyl halides is 3. The first-order valence-electron chi connectivity index (χ1n) is 13.7. The summed E-state index contributed by atoms with van der Waals surface area (Å²) in [6, 6.07) is 7.57. The van der Waals surface area contributed by atoms with E-state index in [1.165, 1.54) is 12.1 Å². The van der Waals surface area contributed by atoms with Gasteiger partial charge >= 0.3 is 12.1 Å². The summed E-state index contributed by atoms with van der Waals surface area (Å²) in [5.74, 6) is -0.744. The smallest absolute Gasteiger partial charge is 0.416 e. The number of carbonyl (C=O) groups is 1. The van der Waals surface area contributed by atoms with Crippen LogP contribution in [0.25, 0.3) is 22.2 Å². The van der Waals surface area contributed by atoms with Crippen molar-refractivity contribution in [1.29, 1.82) is 0 Å². The molecular weight excluding hydrogens is 592 g/mol. The number of esters is 1. The fourth-order valence-corrected chi connectivity index (χ4v) is 6.21. The minimum Gasteiger partial charge on any atom is -0.461 e. The number of rotatable bonds is 10. The zero-order valence-electron chi connectivity index (χ0n) is 23.2. The highest BCUT2D eigenvalue weighted by Gasteiger charge is 2.31. The number of aromatic nitrogens is 4. The predicted octanol–water partition coefficient (Wildman–Crippen LogP) is 4.45. The largest absolute Gasteiger partial charge is 0.461 e. The van der Waals surface area contributed by atoms with Gasteiger partial charge in [-0.1, -0.05) is 5.21 Å². The maximum absolute atomic E-state index is 14.1. The molecule has 0 bridgehead atoms. The standard InChI is InChI=1S/C28H30F4N6O4S/c1-2-42-27(39)26-25(22-15-20(29)5-8-23(22)34-26)24-17-38(36-35-24)16-18-9-12-37(13-10-18)14-11-33-43(40,41)21-6-3-19(4-7-21)28(30,31)32/h3-8,15,17-18,33-34H,2,9-14,16H2,1H3. The zero-order valence-corrected chi connectivity index (χ0v) is 24.0. The number of fused-ring (bicyclic) bond motifs is 1. The molecule has 2 aromatic carbocycles. The highest BCUT2D eigenvalue weighted by atomic mass is 32.2. The Morgan fingerprint density at radius 3 is 2.53 bits per heavy atom. The molecule has 5 rings (SSSR count). The Hall–Kier alpha value is -3.82. The Morgan fingerprint density at radius 1 is 1.14 bits per heavy atom. The molecule has 1 fully saturated rings. The molecule has 2 N–H and O–H groups in total. The number of benzene rings is 2. The van der Waals surface area contributed by atoms with E-state index in [-0.39, 0.29) is 29.7 Å². The van der Waals surface area contributed by atoms with Crippen LogP contribution in [0.2, 0.25) is 0 Å². The third kappa shape index (κ3) is 7.05. The molecule has 10 nitrogen and oxygen atoms in total. The molecule has 0 unspecified atom stereocenters. The number of carbonyl (C=O) groups excluding carboxylic acids is 1. The lowest BCUT2D eigenvalue weighted by Crippen LogP contribution is -2.40. The number of nitrogens with one attached hydrogen (secondary N) is 2. The predicted molar refractivity (Wildman–Crippen MR) is 149 cm³/mol. The van der Waals surface area contributed by atoms with Crippen molar-refractivity contribution in [3.05, 3.63) is 65.7 Å². The summed E-state index contributed by atoms with van der Waals surface area (Å²) in [5, 5.41) is 9.00. The van der Waals surface area contributed by atoms with Crippen molar-refractivity contribution in [3.63, 3.8) is 0 Å². The Bertz CT molecular complexity index is 1690. The van der Waals surface area contributed by atoms with Gasteiger partial charge in [-0.15, -0.1) is 5.10 Å². The van der Waals surface area contributed by atoms with Crippen molar-refractivity contribution < 1.29 is 35.5 Å². The lowest BCUT2D eigenvalue weighted by molar-refractivity contribution is -0.137. The highest BCUT2D eigenvalue weighted by molar-refractivity contribution is 7.89. The van der Waals surface area contributed by atoms with Crippen molar-refractivity contribution in [1.82, 2.24) is 29.6 Å². The van der Waals surface area contributed by atoms with Crippen LogP contribution in [0.4, 0.5) is 17.6 Å². The van der Waals surface area contributed by atoms with Crippen LogP contribution in [0.5, 0.6) is 0 Å². The number of sulfonamides is 1. The second-order valence-corrected chi connectivity index (χ2v) is 12.1. The maximum atomic E-state index is 14.1. The van der Waals surface area contributed by atoms with Crippen LogP contribution in [-0.4, -0.2) is 72.1 Å². The first-order valence-corrected chi connectivity index (χ1v) is 15.2. The Balaban J connectivity index is 1.15. The summed E-state index contributed by atoms with van der Waals surface area (Å²) >= 11 is 0. The van der Waals surface area contributed by atoms with E-state index in [1.54, 1.807) is 23.9 Å². The van der Waals surface area contributed by atoms with Crippen molar-refractivity contribution in [2.24, 2.45) is 5.92 Å². The molecule has 0 spiro atoms. The average Bonchev–Trinajstić information content (AvgIpc) is 3.57. The molecule has 1 aliphatic heterocycles. The molecule has 2 aromatic heterocycles. The van der Waals surface area contributed by atoms with Crippen LogP contribution in [0.3, 0.4) is 0 Å². The van der Waals surface area contributed by atoms with E-state index in [0.29, 0.717) is 35.2 Å². The summed E-state index contributed by atoms with van der Waals surface area (Å²) in [4.78, 5) is 17.5. The molecule has 1 saturated heterocycles. The zero-order chi connectivity index (χ0) is 30.8. The van der Waals surface area contributed by atoms with Crippen molar-refractivity contribution >= 4 is 26.9 Å². The second-order valence-electron chi connectivity index (χ2n) is 10.3. The van der Waals surface area contributed by atoms with Crippen LogP contribution in [0, 0.1) is 11.7 Å². The van der Waals surface area contributed by atoms with E-state index in [2.05, 4.69) is 24.9 Å². The molecule has 0 amide bonds.